The van der Waals surface area contributed by atoms with Gasteiger partial charge < -0.3 is 4.90 Å². The Labute approximate surface area is 130 Å². The number of carbonyl (C=O) groups is 1. The van der Waals surface area contributed by atoms with E-state index >= 15 is 0 Å². The van der Waals surface area contributed by atoms with Crippen molar-refractivity contribution >= 4 is 54.8 Å². The third-order valence-electron chi connectivity index (χ3n) is 3.08. The molecule has 0 atom stereocenters. The number of halogens is 3. The van der Waals surface area contributed by atoms with Crippen molar-refractivity contribution in [3.05, 3.63) is 48.8 Å². The topological polar surface area (TPSA) is 20.3 Å². The average Bonchev–Trinajstić information content (AvgIpc) is 2.91. The molecule has 0 saturated carbocycles. The summed E-state index contributed by atoms with van der Waals surface area (Å²) in [6, 6.07) is 6.39. The first-order valence-electron chi connectivity index (χ1n) is 5.61. The van der Waals surface area contributed by atoms with Crippen molar-refractivity contribution in [1.29, 1.82) is 0 Å². The fourth-order valence-corrected chi connectivity index (χ4v) is 4.97. The van der Waals surface area contributed by atoms with E-state index < -0.39 is 0 Å². The van der Waals surface area contributed by atoms with Crippen LogP contribution in [-0.2, 0) is 6.42 Å². The number of hydrogen-bond donors (Lipinski definition) is 0. The molecule has 19 heavy (non-hydrogen) atoms. The van der Waals surface area contributed by atoms with Crippen LogP contribution in [0.25, 0.3) is 0 Å². The maximum Gasteiger partial charge on any atom is 0.260 e. The first-order valence-corrected chi connectivity index (χ1v) is 8.01. The summed E-state index contributed by atoms with van der Waals surface area (Å²) in [6.07, 6.45) is 0.768. The second-order valence-electron chi connectivity index (χ2n) is 4.22. The summed E-state index contributed by atoms with van der Waals surface area (Å²) in [7, 11) is 0. The molecule has 1 aliphatic rings. The van der Waals surface area contributed by atoms with E-state index in [9.17, 15) is 9.18 Å². The van der Waals surface area contributed by atoms with Crippen molar-refractivity contribution in [3.63, 3.8) is 0 Å². The molecule has 0 radical (unpaired) electrons. The highest BCUT2D eigenvalue weighted by Gasteiger charge is 2.28. The van der Waals surface area contributed by atoms with Gasteiger partial charge in [0.1, 0.15) is 5.82 Å². The lowest BCUT2D eigenvalue weighted by Crippen LogP contribution is -2.28. The van der Waals surface area contributed by atoms with Gasteiger partial charge in [0.25, 0.3) is 5.91 Å². The van der Waals surface area contributed by atoms with Gasteiger partial charge in [-0.15, -0.1) is 11.3 Å². The van der Waals surface area contributed by atoms with E-state index in [0.29, 0.717) is 17.8 Å². The van der Waals surface area contributed by atoms with Crippen molar-refractivity contribution in [2.45, 2.75) is 6.42 Å². The highest BCUT2D eigenvalue weighted by Crippen LogP contribution is 2.36. The van der Waals surface area contributed by atoms with Crippen LogP contribution in [0.3, 0.4) is 0 Å². The van der Waals surface area contributed by atoms with Gasteiger partial charge in [-0.25, -0.2) is 4.39 Å². The van der Waals surface area contributed by atoms with Gasteiger partial charge in [0.2, 0.25) is 0 Å². The molecule has 0 spiro atoms. The molecule has 1 aliphatic heterocycles. The number of thiophene rings is 1. The zero-order chi connectivity index (χ0) is 13.6. The minimum atomic E-state index is -0.316. The van der Waals surface area contributed by atoms with Crippen LogP contribution in [0.15, 0.2) is 31.8 Å². The molecule has 0 bridgehead atoms. The summed E-state index contributed by atoms with van der Waals surface area (Å²) in [5.41, 5.74) is 2.30. The van der Waals surface area contributed by atoms with Crippen LogP contribution in [0.2, 0.25) is 0 Å². The summed E-state index contributed by atoms with van der Waals surface area (Å²) in [4.78, 5) is 14.2. The average molecular weight is 405 g/mol. The third kappa shape index (κ3) is 2.37. The number of carbonyl (C=O) groups excluding carboxylic acids is 1. The largest absolute Gasteiger partial charge is 0.308 e. The lowest BCUT2D eigenvalue weighted by molar-refractivity contribution is 0.0989. The Kier molecular flexibility index (Phi) is 3.49. The van der Waals surface area contributed by atoms with E-state index in [2.05, 4.69) is 31.9 Å². The Morgan fingerprint density at radius 1 is 1.32 bits per heavy atom. The van der Waals surface area contributed by atoms with Crippen LogP contribution in [0.5, 0.6) is 0 Å². The first-order chi connectivity index (χ1) is 9.06. The summed E-state index contributed by atoms with van der Waals surface area (Å²) >= 11 is 8.20. The van der Waals surface area contributed by atoms with Crippen molar-refractivity contribution in [2.24, 2.45) is 0 Å². The van der Waals surface area contributed by atoms with Gasteiger partial charge in [-0.3, -0.25) is 4.79 Å². The Balaban J connectivity index is 2.00. The number of hydrogen-bond acceptors (Lipinski definition) is 2. The maximum absolute atomic E-state index is 13.3. The number of anilines is 1. The smallest absolute Gasteiger partial charge is 0.260 e. The number of rotatable bonds is 1. The molecule has 2 nitrogen and oxygen atoms in total. The molecule has 6 heteroatoms. The van der Waals surface area contributed by atoms with Crippen molar-refractivity contribution in [1.82, 2.24) is 0 Å². The lowest BCUT2D eigenvalue weighted by atomic mass is 10.1. The number of nitrogens with zero attached hydrogens (tertiary/aromatic N) is 1. The van der Waals surface area contributed by atoms with Crippen LogP contribution in [0.4, 0.5) is 10.1 Å². The minimum Gasteiger partial charge on any atom is -0.308 e. The van der Waals surface area contributed by atoms with Crippen LogP contribution in [0.1, 0.15) is 15.9 Å². The molecular formula is C13H8Br2FNOS. The number of amides is 1. The van der Waals surface area contributed by atoms with E-state index in [1.807, 2.05) is 0 Å². The maximum atomic E-state index is 13.3. The number of benzene rings is 1. The Hall–Kier alpha value is -0.720. The molecular weight excluding hydrogens is 397 g/mol. The fourth-order valence-electron chi connectivity index (χ4n) is 2.19. The van der Waals surface area contributed by atoms with E-state index in [1.165, 1.54) is 23.5 Å². The third-order valence-corrected chi connectivity index (χ3v) is 5.41. The van der Waals surface area contributed by atoms with Crippen molar-refractivity contribution in [3.8, 4) is 0 Å². The molecule has 1 aromatic carbocycles. The van der Waals surface area contributed by atoms with E-state index in [-0.39, 0.29) is 11.7 Å². The predicted octanol–water partition coefficient (Wildman–Crippen LogP) is 4.62. The highest BCUT2D eigenvalue weighted by atomic mass is 79.9. The minimum absolute atomic E-state index is 0.0989. The molecule has 1 aromatic heterocycles. The number of fused-ring (bicyclic) bond motifs is 1. The lowest BCUT2D eigenvalue weighted by Gasteiger charge is -2.16. The van der Waals surface area contributed by atoms with Gasteiger partial charge in [-0.05, 0) is 62.0 Å². The first kappa shape index (κ1) is 13.3. The summed E-state index contributed by atoms with van der Waals surface area (Å²) in [6.45, 7) is 0.595. The molecule has 2 heterocycles. The summed E-state index contributed by atoms with van der Waals surface area (Å²) < 4.78 is 15.0. The molecule has 2 aromatic rings. The Bertz CT molecular complexity index is 671. The van der Waals surface area contributed by atoms with E-state index in [0.717, 1.165) is 19.6 Å². The van der Waals surface area contributed by atoms with Crippen LogP contribution >= 0.6 is 43.2 Å². The molecule has 0 N–H and O–H groups in total. The predicted molar refractivity (Wildman–Crippen MR) is 81.5 cm³/mol. The second kappa shape index (κ2) is 5.00. The van der Waals surface area contributed by atoms with Gasteiger partial charge in [-0.1, -0.05) is 6.07 Å². The van der Waals surface area contributed by atoms with Gasteiger partial charge >= 0.3 is 0 Å². The normalized spacial score (nSPS) is 13.7. The quantitative estimate of drug-likeness (QED) is 0.679. The molecule has 0 aliphatic carbocycles. The van der Waals surface area contributed by atoms with Crippen LogP contribution < -0.4 is 4.90 Å². The molecule has 0 fully saturated rings. The summed E-state index contributed by atoms with van der Waals surface area (Å²) in [5, 5.41) is 0. The molecule has 98 valence electrons. The zero-order valence-electron chi connectivity index (χ0n) is 9.62. The molecule has 3 rings (SSSR count). The second-order valence-corrected chi connectivity index (χ2v) is 7.97. The summed E-state index contributed by atoms with van der Waals surface area (Å²) in [5.74, 6) is -0.415. The standard InChI is InChI=1S/C13H8Br2FNOS/c14-11-6-9(12(15)19-11)13(18)17-4-3-7-1-2-8(16)5-10(7)17/h1-2,5-6H,3-4H2. The molecule has 1 amide bonds. The van der Waals surface area contributed by atoms with Gasteiger partial charge in [-0.2, -0.15) is 0 Å². The molecule has 0 unspecified atom stereocenters. The van der Waals surface area contributed by atoms with E-state index in [4.69, 9.17) is 0 Å². The van der Waals surface area contributed by atoms with Gasteiger partial charge in [0.05, 0.1) is 18.8 Å². The van der Waals surface area contributed by atoms with Gasteiger partial charge in [0.15, 0.2) is 0 Å². The van der Waals surface area contributed by atoms with Crippen molar-refractivity contribution < 1.29 is 9.18 Å². The Morgan fingerprint density at radius 3 is 2.79 bits per heavy atom. The van der Waals surface area contributed by atoms with Gasteiger partial charge in [0, 0.05) is 6.54 Å². The van der Waals surface area contributed by atoms with Crippen LogP contribution in [-0.4, -0.2) is 12.5 Å². The SMILES string of the molecule is O=C(c1cc(Br)sc1Br)N1CCc2ccc(F)cc21. The monoisotopic (exact) mass is 403 g/mol. The zero-order valence-corrected chi connectivity index (χ0v) is 13.6. The fraction of sp³-hybridized carbons (Fsp3) is 0.154. The highest BCUT2D eigenvalue weighted by molar-refractivity contribution is 9.12. The van der Waals surface area contributed by atoms with Crippen LogP contribution in [0, 0.1) is 5.82 Å². The van der Waals surface area contributed by atoms with E-state index in [1.54, 1.807) is 17.0 Å². The Morgan fingerprint density at radius 2 is 2.11 bits per heavy atom. The van der Waals surface area contributed by atoms with Crippen molar-refractivity contribution in [2.75, 3.05) is 11.4 Å². The molecule has 0 saturated heterocycles.